The molecule has 0 atom stereocenters. The summed E-state index contributed by atoms with van der Waals surface area (Å²) in [4.78, 5) is 31.4. The van der Waals surface area contributed by atoms with Gasteiger partial charge < -0.3 is 19.4 Å². The number of rotatable bonds is 6. The lowest BCUT2D eigenvalue weighted by molar-refractivity contribution is -0.131. The molecule has 154 valence electrons. The maximum atomic E-state index is 12.8. The average molecular weight is 408 g/mol. The van der Waals surface area contributed by atoms with Crippen LogP contribution in [-0.4, -0.2) is 68.0 Å². The summed E-state index contributed by atoms with van der Waals surface area (Å²) in [6, 6.07) is 5.41. The van der Waals surface area contributed by atoms with E-state index in [1.807, 2.05) is 20.8 Å². The number of anilines is 1. The molecule has 7 heteroatoms. The van der Waals surface area contributed by atoms with E-state index in [9.17, 15) is 9.59 Å². The number of carbonyl (C=O) groups excluding carboxylic acids is 2. The Bertz CT molecular complexity index is 653. The monoisotopic (exact) mass is 407 g/mol. The highest BCUT2D eigenvalue weighted by atomic mass is 35.5. The van der Waals surface area contributed by atoms with Crippen molar-refractivity contribution in [2.75, 3.05) is 51.3 Å². The summed E-state index contributed by atoms with van der Waals surface area (Å²) in [5, 5.41) is 0.473. The van der Waals surface area contributed by atoms with E-state index < -0.39 is 0 Å². The first kappa shape index (κ1) is 20.8. The van der Waals surface area contributed by atoms with E-state index in [-0.39, 0.29) is 24.9 Å². The van der Waals surface area contributed by atoms with Crippen molar-refractivity contribution < 1.29 is 14.3 Å². The van der Waals surface area contributed by atoms with Crippen molar-refractivity contribution in [2.45, 2.75) is 38.5 Å². The van der Waals surface area contributed by atoms with Gasteiger partial charge >= 0.3 is 0 Å². The van der Waals surface area contributed by atoms with Crippen molar-refractivity contribution in [3.63, 3.8) is 0 Å². The molecule has 0 radical (unpaired) electrons. The Morgan fingerprint density at radius 1 is 0.929 bits per heavy atom. The summed E-state index contributed by atoms with van der Waals surface area (Å²) < 4.78 is 5.23. The molecule has 0 bridgehead atoms. The fourth-order valence-electron chi connectivity index (χ4n) is 3.90. The normalized spacial score (nSPS) is 17.4. The molecule has 2 fully saturated rings. The highest BCUT2D eigenvalue weighted by Crippen LogP contribution is 2.29. The molecule has 6 nitrogen and oxygen atoms in total. The molecular weight excluding hydrogens is 378 g/mol. The van der Waals surface area contributed by atoms with Gasteiger partial charge in [0.1, 0.15) is 5.75 Å². The van der Waals surface area contributed by atoms with Gasteiger partial charge in [0.05, 0.1) is 25.2 Å². The predicted octanol–water partition coefficient (Wildman–Crippen LogP) is 3.18. The van der Waals surface area contributed by atoms with E-state index in [2.05, 4.69) is 0 Å². The van der Waals surface area contributed by atoms with Gasteiger partial charge in [0.25, 0.3) is 0 Å². The first-order chi connectivity index (χ1) is 13.6. The maximum Gasteiger partial charge on any atom is 0.242 e. The molecule has 0 spiro atoms. The average Bonchev–Trinajstić information content (AvgIpc) is 2.74. The minimum absolute atomic E-state index is 0.0677. The van der Waals surface area contributed by atoms with Gasteiger partial charge in [0.15, 0.2) is 0 Å². The van der Waals surface area contributed by atoms with Crippen LogP contribution < -0.4 is 9.64 Å². The quantitative estimate of drug-likeness (QED) is 0.726. The molecule has 0 saturated carbocycles. The van der Waals surface area contributed by atoms with E-state index in [4.69, 9.17) is 16.3 Å². The van der Waals surface area contributed by atoms with Gasteiger partial charge in [-0.3, -0.25) is 9.59 Å². The molecule has 1 aromatic carbocycles. The molecule has 2 saturated heterocycles. The van der Waals surface area contributed by atoms with Gasteiger partial charge in [-0.2, -0.15) is 0 Å². The van der Waals surface area contributed by atoms with E-state index in [0.717, 1.165) is 57.5 Å². The second kappa shape index (κ2) is 10.0. The zero-order valence-corrected chi connectivity index (χ0v) is 17.4. The van der Waals surface area contributed by atoms with Crippen molar-refractivity contribution in [3.05, 3.63) is 23.2 Å². The third-order valence-corrected chi connectivity index (χ3v) is 5.87. The number of likely N-dealkylation sites (tertiary alicyclic amines) is 2. The van der Waals surface area contributed by atoms with Gasteiger partial charge in [-0.1, -0.05) is 11.6 Å². The highest BCUT2D eigenvalue weighted by Gasteiger charge is 2.24. The lowest BCUT2D eigenvalue weighted by Gasteiger charge is -2.33. The molecule has 2 amide bonds. The van der Waals surface area contributed by atoms with Crippen LogP contribution in [0.2, 0.25) is 5.02 Å². The Kier molecular flexibility index (Phi) is 7.43. The number of hydrogen-bond donors (Lipinski definition) is 0. The third-order valence-electron chi connectivity index (χ3n) is 5.57. The second-order valence-corrected chi connectivity index (χ2v) is 7.97. The van der Waals surface area contributed by atoms with Gasteiger partial charge in [-0.25, -0.2) is 0 Å². The molecule has 0 unspecified atom stereocenters. The third kappa shape index (κ3) is 5.31. The fraction of sp³-hybridized carbons (Fsp3) is 0.619. The van der Waals surface area contributed by atoms with Gasteiger partial charge in [0, 0.05) is 31.9 Å². The Labute approximate surface area is 172 Å². The second-order valence-electron chi connectivity index (χ2n) is 7.56. The molecule has 3 rings (SSSR count). The summed E-state index contributed by atoms with van der Waals surface area (Å²) in [7, 11) is 1.57. The molecule has 1 aromatic rings. The van der Waals surface area contributed by atoms with E-state index in [1.165, 1.54) is 12.8 Å². The van der Waals surface area contributed by atoms with Crippen molar-refractivity contribution in [3.8, 4) is 5.75 Å². The minimum Gasteiger partial charge on any atom is -0.495 e. The number of ether oxygens (including phenoxy) is 1. The number of piperidine rings is 2. The number of hydrogen-bond acceptors (Lipinski definition) is 4. The number of halogens is 1. The highest BCUT2D eigenvalue weighted by molar-refractivity contribution is 6.32. The first-order valence-corrected chi connectivity index (χ1v) is 10.6. The van der Waals surface area contributed by atoms with Crippen molar-refractivity contribution >= 4 is 29.1 Å². The van der Waals surface area contributed by atoms with Crippen molar-refractivity contribution in [1.82, 2.24) is 9.80 Å². The molecule has 2 heterocycles. The largest absolute Gasteiger partial charge is 0.495 e. The topological polar surface area (TPSA) is 53.1 Å². The Balaban J connectivity index is 1.75. The fourth-order valence-corrected chi connectivity index (χ4v) is 4.16. The maximum absolute atomic E-state index is 12.8. The zero-order valence-electron chi connectivity index (χ0n) is 16.7. The van der Waals surface area contributed by atoms with E-state index >= 15 is 0 Å². The van der Waals surface area contributed by atoms with Gasteiger partial charge in [-0.15, -0.1) is 0 Å². The summed E-state index contributed by atoms with van der Waals surface area (Å²) in [5.41, 5.74) is 0.765. The van der Waals surface area contributed by atoms with Crippen LogP contribution in [0.25, 0.3) is 0 Å². The first-order valence-electron chi connectivity index (χ1n) is 10.2. The van der Waals surface area contributed by atoms with Crippen molar-refractivity contribution in [2.24, 2.45) is 0 Å². The summed E-state index contributed by atoms with van der Waals surface area (Å²) >= 11 is 6.30. The Morgan fingerprint density at radius 2 is 1.43 bits per heavy atom. The molecule has 2 aliphatic heterocycles. The number of benzene rings is 1. The lowest BCUT2D eigenvalue weighted by atomic mass is 10.1. The molecule has 2 aliphatic rings. The van der Waals surface area contributed by atoms with Crippen LogP contribution in [0.5, 0.6) is 5.75 Å². The van der Waals surface area contributed by atoms with Crippen LogP contribution >= 0.6 is 11.6 Å². The van der Waals surface area contributed by atoms with Gasteiger partial charge in [0.2, 0.25) is 11.8 Å². The Morgan fingerprint density at radius 3 is 1.86 bits per heavy atom. The van der Waals surface area contributed by atoms with Gasteiger partial charge in [-0.05, 0) is 56.7 Å². The van der Waals surface area contributed by atoms with Crippen molar-refractivity contribution in [1.29, 1.82) is 0 Å². The standard InChI is InChI=1S/C21H30ClN3O3/c1-28-19-9-8-17(14-18(19)22)25(15-20(26)23-10-4-2-5-11-23)16-21(27)24-12-6-3-7-13-24/h8-9,14H,2-7,10-13,15-16H2,1H3. The smallest absolute Gasteiger partial charge is 0.242 e. The predicted molar refractivity (Wildman–Crippen MR) is 111 cm³/mol. The molecule has 0 N–H and O–H groups in total. The molecular formula is C21H30ClN3O3. The lowest BCUT2D eigenvalue weighted by Crippen LogP contribution is -2.47. The molecule has 0 aliphatic carbocycles. The van der Waals surface area contributed by atoms with Crippen LogP contribution in [0.3, 0.4) is 0 Å². The number of carbonyl (C=O) groups is 2. The number of nitrogens with zero attached hydrogens (tertiary/aromatic N) is 3. The van der Waals surface area contributed by atoms with E-state index in [1.54, 1.807) is 19.2 Å². The molecule has 28 heavy (non-hydrogen) atoms. The van der Waals surface area contributed by atoms with Crippen LogP contribution in [0.4, 0.5) is 5.69 Å². The van der Waals surface area contributed by atoms with E-state index in [0.29, 0.717) is 10.8 Å². The Hall–Kier alpha value is -1.95. The van der Waals surface area contributed by atoms with Crippen LogP contribution in [0.1, 0.15) is 38.5 Å². The summed E-state index contributed by atoms with van der Waals surface area (Å²) in [5.74, 6) is 0.714. The summed E-state index contributed by atoms with van der Waals surface area (Å²) in [6.45, 7) is 3.57. The SMILES string of the molecule is COc1ccc(N(CC(=O)N2CCCCC2)CC(=O)N2CCCCC2)cc1Cl. The number of methoxy groups -OCH3 is 1. The summed E-state index contributed by atoms with van der Waals surface area (Å²) in [6.07, 6.45) is 6.54. The zero-order chi connectivity index (χ0) is 19.9. The minimum atomic E-state index is 0.0677. The molecule has 0 aromatic heterocycles. The van der Waals surface area contributed by atoms with Crippen LogP contribution in [0.15, 0.2) is 18.2 Å². The van der Waals surface area contributed by atoms with Crippen LogP contribution in [-0.2, 0) is 9.59 Å². The van der Waals surface area contributed by atoms with Crippen LogP contribution in [0, 0.1) is 0 Å². The number of amides is 2.